The molecule has 0 aromatic heterocycles. The van der Waals surface area contributed by atoms with Crippen LogP contribution in [0.1, 0.15) is 30.1 Å². The number of carbonyl (C=O) groups is 2. The molecule has 1 aliphatic heterocycles. The Balaban J connectivity index is 2.13. The first-order valence-electron chi connectivity index (χ1n) is 6.35. The molecule has 1 fully saturated rings. The molecule has 1 aliphatic rings. The Morgan fingerprint density at radius 2 is 1.90 bits per heavy atom. The van der Waals surface area contributed by atoms with Gasteiger partial charge in [0.1, 0.15) is 5.75 Å². The van der Waals surface area contributed by atoms with Gasteiger partial charge in [0.25, 0.3) is 5.91 Å². The quantitative estimate of drug-likeness (QED) is 0.878. The highest BCUT2D eigenvalue weighted by Crippen LogP contribution is 2.32. The molecule has 1 amide bonds. The molecule has 0 spiro atoms. The molecule has 20 heavy (non-hydrogen) atoms. The fraction of sp³-hybridized carbons (Fsp3) is 0.429. The van der Waals surface area contributed by atoms with Gasteiger partial charge in [-0.3, -0.25) is 9.59 Å². The predicted molar refractivity (Wildman–Crippen MR) is 74.0 cm³/mol. The highest BCUT2D eigenvalue weighted by atomic mass is 35.5. The number of carbonyl (C=O) groups excluding carboxylic acids is 1. The van der Waals surface area contributed by atoms with Crippen molar-refractivity contribution in [2.75, 3.05) is 13.1 Å². The fourth-order valence-corrected chi connectivity index (χ4v) is 2.46. The van der Waals surface area contributed by atoms with Crippen LogP contribution in [0.2, 0.25) is 5.02 Å². The maximum absolute atomic E-state index is 12.3. The van der Waals surface area contributed by atoms with Crippen molar-refractivity contribution in [3.8, 4) is 5.75 Å². The molecule has 5 nitrogen and oxygen atoms in total. The molecule has 0 aliphatic carbocycles. The van der Waals surface area contributed by atoms with Gasteiger partial charge in [0.15, 0.2) is 0 Å². The Kier molecular flexibility index (Phi) is 3.90. The summed E-state index contributed by atoms with van der Waals surface area (Å²) in [5.74, 6) is -1.14. The third kappa shape index (κ3) is 2.72. The minimum atomic E-state index is -0.833. The number of benzene rings is 1. The predicted octanol–water partition coefficient (Wildman–Crippen LogP) is 2.37. The van der Waals surface area contributed by atoms with Crippen molar-refractivity contribution in [3.05, 3.63) is 28.8 Å². The molecular formula is C14H16ClNO4. The smallest absolute Gasteiger partial charge is 0.309 e. The van der Waals surface area contributed by atoms with Crippen LogP contribution in [0.3, 0.4) is 0 Å². The number of hydrogen-bond acceptors (Lipinski definition) is 3. The monoisotopic (exact) mass is 297 g/mol. The van der Waals surface area contributed by atoms with Crippen LogP contribution in [0.4, 0.5) is 0 Å². The van der Waals surface area contributed by atoms with Crippen molar-refractivity contribution >= 4 is 23.5 Å². The van der Waals surface area contributed by atoms with E-state index in [1.807, 2.05) is 0 Å². The summed E-state index contributed by atoms with van der Waals surface area (Å²) in [6.07, 6.45) is 0.815. The van der Waals surface area contributed by atoms with Crippen molar-refractivity contribution < 1.29 is 19.8 Å². The van der Waals surface area contributed by atoms with Crippen LogP contribution in [-0.4, -0.2) is 40.1 Å². The van der Waals surface area contributed by atoms with Gasteiger partial charge in [0.2, 0.25) is 0 Å². The van der Waals surface area contributed by atoms with Crippen LogP contribution in [-0.2, 0) is 4.79 Å². The standard InChI is InChI=1S/C14H16ClNO4/c1-14(13(19)20)4-6-16(7-5-14)12(18)10-8-9(17)2-3-11(10)15/h2-3,8,17H,4-7H2,1H3,(H,19,20). The molecule has 2 N–H and O–H groups in total. The molecule has 1 aromatic rings. The third-order valence-corrected chi connectivity index (χ3v) is 4.18. The summed E-state index contributed by atoms with van der Waals surface area (Å²) >= 11 is 5.96. The van der Waals surface area contributed by atoms with Crippen molar-refractivity contribution in [2.24, 2.45) is 5.41 Å². The lowest BCUT2D eigenvalue weighted by atomic mass is 9.80. The zero-order valence-electron chi connectivity index (χ0n) is 11.1. The highest BCUT2D eigenvalue weighted by molar-refractivity contribution is 6.33. The minimum absolute atomic E-state index is 0.0230. The van der Waals surface area contributed by atoms with E-state index in [9.17, 15) is 14.7 Å². The fourth-order valence-electron chi connectivity index (χ4n) is 2.26. The number of carboxylic acid groups (broad SMARTS) is 1. The third-order valence-electron chi connectivity index (χ3n) is 3.85. The largest absolute Gasteiger partial charge is 0.508 e. The number of piperidine rings is 1. The maximum atomic E-state index is 12.3. The maximum Gasteiger partial charge on any atom is 0.309 e. The van der Waals surface area contributed by atoms with E-state index in [1.54, 1.807) is 11.8 Å². The van der Waals surface area contributed by atoms with Crippen LogP contribution in [0.25, 0.3) is 0 Å². The van der Waals surface area contributed by atoms with Crippen LogP contribution in [0.15, 0.2) is 18.2 Å². The van der Waals surface area contributed by atoms with Gasteiger partial charge in [0, 0.05) is 13.1 Å². The lowest BCUT2D eigenvalue weighted by Crippen LogP contribution is -2.45. The Morgan fingerprint density at radius 3 is 2.45 bits per heavy atom. The van der Waals surface area contributed by atoms with E-state index >= 15 is 0 Å². The first kappa shape index (κ1) is 14.7. The number of nitrogens with zero attached hydrogens (tertiary/aromatic N) is 1. The van der Waals surface area contributed by atoms with E-state index in [1.165, 1.54) is 18.2 Å². The van der Waals surface area contributed by atoms with Crippen LogP contribution >= 0.6 is 11.6 Å². The number of halogens is 1. The number of phenolic OH excluding ortho intramolecular Hbond substituents is 1. The Bertz CT molecular complexity index is 550. The molecule has 0 bridgehead atoms. The van der Waals surface area contributed by atoms with Gasteiger partial charge in [-0.1, -0.05) is 11.6 Å². The topological polar surface area (TPSA) is 77.8 Å². The second-order valence-corrected chi connectivity index (χ2v) is 5.73. The van der Waals surface area contributed by atoms with Crippen molar-refractivity contribution in [1.29, 1.82) is 0 Å². The summed E-state index contributed by atoms with van der Waals surface area (Å²) in [6.45, 7) is 2.43. The van der Waals surface area contributed by atoms with E-state index in [0.29, 0.717) is 25.9 Å². The lowest BCUT2D eigenvalue weighted by Gasteiger charge is -2.36. The molecule has 1 saturated heterocycles. The normalized spacial score (nSPS) is 17.8. The zero-order chi connectivity index (χ0) is 14.9. The molecule has 0 atom stereocenters. The van der Waals surface area contributed by atoms with Gasteiger partial charge < -0.3 is 15.1 Å². The number of aromatic hydroxyl groups is 1. The first-order chi connectivity index (χ1) is 9.33. The Hall–Kier alpha value is -1.75. The average molecular weight is 298 g/mol. The molecule has 1 aromatic carbocycles. The number of likely N-dealkylation sites (tertiary alicyclic amines) is 1. The summed E-state index contributed by atoms with van der Waals surface area (Å²) in [6, 6.07) is 4.21. The molecule has 108 valence electrons. The zero-order valence-corrected chi connectivity index (χ0v) is 11.9. The van der Waals surface area contributed by atoms with Crippen molar-refractivity contribution in [3.63, 3.8) is 0 Å². The lowest BCUT2D eigenvalue weighted by molar-refractivity contribution is -0.150. The minimum Gasteiger partial charge on any atom is -0.508 e. The second kappa shape index (κ2) is 5.32. The van der Waals surface area contributed by atoms with Gasteiger partial charge in [0.05, 0.1) is 16.0 Å². The molecule has 0 unspecified atom stereocenters. The van der Waals surface area contributed by atoms with Crippen molar-refractivity contribution in [2.45, 2.75) is 19.8 Å². The van der Waals surface area contributed by atoms with E-state index in [-0.39, 0.29) is 22.2 Å². The molecule has 0 saturated carbocycles. The molecular weight excluding hydrogens is 282 g/mol. The second-order valence-electron chi connectivity index (χ2n) is 5.32. The Labute approximate surface area is 121 Å². The first-order valence-corrected chi connectivity index (χ1v) is 6.72. The van der Waals surface area contributed by atoms with E-state index in [4.69, 9.17) is 16.7 Å². The number of aliphatic carboxylic acids is 1. The molecule has 6 heteroatoms. The summed E-state index contributed by atoms with van der Waals surface area (Å²) < 4.78 is 0. The van der Waals surface area contributed by atoms with Gasteiger partial charge in [-0.25, -0.2) is 0 Å². The number of rotatable bonds is 2. The number of phenols is 1. The molecule has 1 heterocycles. The summed E-state index contributed by atoms with van der Waals surface area (Å²) in [5.41, 5.74) is -0.537. The molecule has 2 rings (SSSR count). The summed E-state index contributed by atoms with van der Waals surface area (Å²) in [4.78, 5) is 25.1. The van der Waals surface area contributed by atoms with Gasteiger partial charge in [-0.2, -0.15) is 0 Å². The van der Waals surface area contributed by atoms with E-state index in [0.717, 1.165) is 0 Å². The van der Waals surface area contributed by atoms with Gasteiger partial charge in [-0.05, 0) is 38.0 Å². The van der Waals surface area contributed by atoms with Gasteiger partial charge in [-0.15, -0.1) is 0 Å². The highest BCUT2D eigenvalue weighted by Gasteiger charge is 2.38. The average Bonchev–Trinajstić information content (AvgIpc) is 2.41. The number of hydrogen-bond donors (Lipinski definition) is 2. The summed E-state index contributed by atoms with van der Waals surface area (Å²) in [5, 5.41) is 18.9. The summed E-state index contributed by atoms with van der Waals surface area (Å²) in [7, 11) is 0. The van der Waals surface area contributed by atoms with Crippen LogP contribution in [0.5, 0.6) is 5.75 Å². The van der Waals surface area contributed by atoms with E-state index < -0.39 is 11.4 Å². The number of carboxylic acids is 1. The number of amides is 1. The van der Waals surface area contributed by atoms with Crippen LogP contribution < -0.4 is 0 Å². The van der Waals surface area contributed by atoms with Crippen LogP contribution in [0, 0.1) is 5.41 Å². The van der Waals surface area contributed by atoms with E-state index in [2.05, 4.69) is 0 Å². The molecule has 0 radical (unpaired) electrons. The Morgan fingerprint density at radius 1 is 1.30 bits per heavy atom. The van der Waals surface area contributed by atoms with Crippen molar-refractivity contribution in [1.82, 2.24) is 4.90 Å². The SMILES string of the molecule is CC1(C(=O)O)CCN(C(=O)c2cc(O)ccc2Cl)CC1. The van der Waals surface area contributed by atoms with Gasteiger partial charge >= 0.3 is 5.97 Å².